The van der Waals surface area contributed by atoms with Gasteiger partial charge in [0.1, 0.15) is 17.2 Å². The zero-order valence-electron chi connectivity index (χ0n) is 11.2. The van der Waals surface area contributed by atoms with Gasteiger partial charge in [0.25, 0.3) is 0 Å². The second kappa shape index (κ2) is 6.10. The third-order valence-corrected chi connectivity index (χ3v) is 3.50. The number of allylic oxidation sites excluding steroid dienone is 1. The molecule has 0 atom stereocenters. The predicted octanol–water partition coefficient (Wildman–Crippen LogP) is 5.11. The zero-order chi connectivity index (χ0) is 15.5. The molecule has 108 valence electrons. The summed E-state index contributed by atoms with van der Waals surface area (Å²) in [6.07, 6.45) is 1.50. The highest BCUT2D eigenvalue weighted by atomic mass is 35.5. The topological polar surface area (TPSA) is 61.9 Å². The summed E-state index contributed by atoms with van der Waals surface area (Å²) in [5, 5.41) is 13.2. The molecule has 0 radical (unpaired) electrons. The van der Waals surface area contributed by atoms with E-state index in [2.05, 4.69) is 16.4 Å². The van der Waals surface area contributed by atoms with Crippen LogP contribution in [0.1, 0.15) is 5.89 Å². The number of hydrogen-bond donors (Lipinski definition) is 1. The molecule has 1 N–H and O–H groups in total. The third-order valence-electron chi connectivity index (χ3n) is 2.95. The van der Waals surface area contributed by atoms with Crippen molar-refractivity contribution in [2.45, 2.75) is 0 Å². The molecular formula is C16H9Cl2N3O. The number of anilines is 1. The zero-order valence-corrected chi connectivity index (χ0v) is 12.7. The molecule has 0 aliphatic heterocycles. The lowest BCUT2D eigenvalue weighted by atomic mass is 10.3. The first-order valence-corrected chi connectivity index (χ1v) is 7.11. The summed E-state index contributed by atoms with van der Waals surface area (Å²) in [6.45, 7) is 0. The molecule has 1 aromatic heterocycles. The van der Waals surface area contributed by atoms with Crippen molar-refractivity contribution in [3.8, 4) is 6.07 Å². The Morgan fingerprint density at radius 3 is 2.77 bits per heavy atom. The van der Waals surface area contributed by atoms with Gasteiger partial charge in [-0.15, -0.1) is 0 Å². The number of fused-ring (bicyclic) bond motifs is 1. The Kier molecular flexibility index (Phi) is 4.01. The summed E-state index contributed by atoms with van der Waals surface area (Å²) in [4.78, 5) is 4.28. The molecular weight excluding hydrogens is 321 g/mol. The van der Waals surface area contributed by atoms with Gasteiger partial charge in [0, 0.05) is 11.2 Å². The van der Waals surface area contributed by atoms with Crippen molar-refractivity contribution in [3.05, 3.63) is 64.6 Å². The number of nitriles is 1. The van der Waals surface area contributed by atoms with Crippen molar-refractivity contribution < 1.29 is 4.42 Å². The summed E-state index contributed by atoms with van der Waals surface area (Å²) in [5.41, 5.74) is 2.23. The van der Waals surface area contributed by atoms with Crippen LogP contribution in [0.5, 0.6) is 0 Å². The van der Waals surface area contributed by atoms with Crippen molar-refractivity contribution in [2.24, 2.45) is 0 Å². The van der Waals surface area contributed by atoms with Crippen molar-refractivity contribution in [1.29, 1.82) is 5.26 Å². The minimum Gasteiger partial charge on any atom is -0.435 e. The second-order valence-electron chi connectivity index (χ2n) is 4.43. The first-order valence-electron chi connectivity index (χ1n) is 6.35. The SMILES string of the molecule is N#CC(=CNc1ccc(Cl)cc1Cl)c1nc2ccccc2o1. The summed E-state index contributed by atoms with van der Waals surface area (Å²) in [5.74, 6) is 0.251. The Morgan fingerprint density at radius 1 is 1.23 bits per heavy atom. The van der Waals surface area contributed by atoms with Gasteiger partial charge in [-0.05, 0) is 30.3 Å². The van der Waals surface area contributed by atoms with Gasteiger partial charge in [-0.3, -0.25) is 0 Å². The highest BCUT2D eigenvalue weighted by molar-refractivity contribution is 6.36. The number of benzene rings is 2. The Hall–Kier alpha value is -2.48. The van der Waals surface area contributed by atoms with Crippen molar-refractivity contribution in [3.63, 3.8) is 0 Å². The number of oxazole rings is 1. The van der Waals surface area contributed by atoms with Gasteiger partial charge in [-0.1, -0.05) is 35.3 Å². The van der Waals surface area contributed by atoms with Gasteiger partial charge in [0.05, 0.1) is 10.7 Å². The maximum atomic E-state index is 9.28. The number of para-hydroxylation sites is 2. The lowest BCUT2D eigenvalue weighted by Crippen LogP contribution is -1.92. The van der Waals surface area contributed by atoms with Crippen LogP contribution in [0, 0.1) is 11.3 Å². The van der Waals surface area contributed by atoms with E-state index in [-0.39, 0.29) is 11.5 Å². The number of nitrogens with zero attached hydrogens (tertiary/aromatic N) is 2. The van der Waals surface area contributed by atoms with Crippen LogP contribution in [-0.2, 0) is 0 Å². The number of aromatic nitrogens is 1. The van der Waals surface area contributed by atoms with Crippen LogP contribution in [0.15, 0.2) is 53.1 Å². The Morgan fingerprint density at radius 2 is 2.05 bits per heavy atom. The van der Waals surface area contributed by atoms with Gasteiger partial charge in [-0.25, -0.2) is 4.98 Å². The number of halogens is 2. The van der Waals surface area contributed by atoms with E-state index in [4.69, 9.17) is 27.6 Å². The fourth-order valence-corrected chi connectivity index (χ4v) is 2.35. The molecule has 1 heterocycles. The van der Waals surface area contributed by atoms with Crippen LogP contribution in [-0.4, -0.2) is 4.98 Å². The summed E-state index contributed by atoms with van der Waals surface area (Å²) in [6, 6.07) is 14.4. The molecule has 0 saturated carbocycles. The van der Waals surface area contributed by atoms with E-state index in [9.17, 15) is 5.26 Å². The minimum atomic E-state index is 0.251. The van der Waals surface area contributed by atoms with E-state index in [1.807, 2.05) is 18.2 Å². The van der Waals surface area contributed by atoms with E-state index >= 15 is 0 Å². The van der Waals surface area contributed by atoms with Crippen LogP contribution >= 0.6 is 23.2 Å². The molecule has 3 rings (SSSR count). The number of rotatable bonds is 3. The smallest absolute Gasteiger partial charge is 0.239 e. The molecule has 0 aliphatic rings. The van der Waals surface area contributed by atoms with E-state index in [0.717, 1.165) is 0 Å². The Bertz CT molecular complexity index is 876. The molecule has 0 spiro atoms. The van der Waals surface area contributed by atoms with Crippen LogP contribution in [0.25, 0.3) is 16.7 Å². The summed E-state index contributed by atoms with van der Waals surface area (Å²) in [7, 11) is 0. The lowest BCUT2D eigenvalue weighted by molar-refractivity contribution is 0.586. The average Bonchev–Trinajstić information content (AvgIpc) is 2.93. The molecule has 3 aromatic rings. The third kappa shape index (κ3) is 2.91. The molecule has 0 aliphatic carbocycles. The first kappa shape index (κ1) is 14.5. The van der Waals surface area contributed by atoms with Gasteiger partial charge < -0.3 is 9.73 Å². The van der Waals surface area contributed by atoms with Crippen LogP contribution in [0.2, 0.25) is 10.0 Å². The highest BCUT2D eigenvalue weighted by Gasteiger charge is 2.10. The van der Waals surface area contributed by atoms with Gasteiger partial charge in [-0.2, -0.15) is 5.26 Å². The molecule has 0 saturated heterocycles. The number of nitrogens with one attached hydrogen (secondary N) is 1. The van der Waals surface area contributed by atoms with Crippen molar-refractivity contribution in [1.82, 2.24) is 4.98 Å². The fourth-order valence-electron chi connectivity index (χ4n) is 1.89. The molecule has 4 nitrogen and oxygen atoms in total. The molecule has 22 heavy (non-hydrogen) atoms. The monoisotopic (exact) mass is 329 g/mol. The van der Waals surface area contributed by atoms with Gasteiger partial charge in [0.15, 0.2) is 5.58 Å². The fraction of sp³-hybridized carbons (Fsp3) is 0. The maximum absolute atomic E-state index is 9.28. The minimum absolute atomic E-state index is 0.251. The summed E-state index contributed by atoms with van der Waals surface area (Å²) < 4.78 is 5.56. The van der Waals surface area contributed by atoms with E-state index in [0.29, 0.717) is 26.8 Å². The molecule has 6 heteroatoms. The standard InChI is InChI=1S/C16H9Cl2N3O/c17-11-5-6-13(12(18)7-11)20-9-10(8-19)16-21-14-3-1-2-4-15(14)22-16/h1-7,9,20H. The number of hydrogen-bond acceptors (Lipinski definition) is 4. The lowest BCUT2D eigenvalue weighted by Gasteiger charge is -2.04. The summed E-state index contributed by atoms with van der Waals surface area (Å²) >= 11 is 11.9. The predicted molar refractivity (Wildman–Crippen MR) is 87.7 cm³/mol. The Balaban J connectivity index is 1.91. The maximum Gasteiger partial charge on any atom is 0.239 e. The van der Waals surface area contributed by atoms with Crippen molar-refractivity contribution in [2.75, 3.05) is 5.32 Å². The normalized spacial score (nSPS) is 11.4. The average molecular weight is 330 g/mol. The van der Waals surface area contributed by atoms with Crippen LogP contribution in [0.4, 0.5) is 5.69 Å². The molecule has 0 amide bonds. The van der Waals surface area contributed by atoms with E-state index < -0.39 is 0 Å². The highest BCUT2D eigenvalue weighted by Crippen LogP contribution is 2.26. The van der Waals surface area contributed by atoms with Gasteiger partial charge >= 0.3 is 0 Å². The van der Waals surface area contributed by atoms with Crippen LogP contribution in [0.3, 0.4) is 0 Å². The molecule has 2 aromatic carbocycles. The van der Waals surface area contributed by atoms with Gasteiger partial charge in [0.2, 0.25) is 5.89 Å². The van der Waals surface area contributed by atoms with E-state index in [1.165, 1.54) is 6.20 Å². The quantitative estimate of drug-likeness (QED) is 0.678. The van der Waals surface area contributed by atoms with Crippen molar-refractivity contribution >= 4 is 45.6 Å². The second-order valence-corrected chi connectivity index (χ2v) is 5.27. The largest absolute Gasteiger partial charge is 0.435 e. The van der Waals surface area contributed by atoms with Crippen LogP contribution < -0.4 is 5.32 Å². The van der Waals surface area contributed by atoms with E-state index in [1.54, 1.807) is 24.3 Å². The molecule has 0 fully saturated rings. The first-order chi connectivity index (χ1) is 10.7. The molecule has 0 unspecified atom stereocenters. The molecule has 0 bridgehead atoms. The Labute approximate surface area is 136 Å².